The second kappa shape index (κ2) is 6.59. The fourth-order valence-corrected chi connectivity index (χ4v) is 4.79. The van der Waals surface area contributed by atoms with Gasteiger partial charge in [-0.1, -0.05) is 6.07 Å². The monoisotopic (exact) mass is 337 g/mol. The number of hydrogen-bond acceptors (Lipinski definition) is 4. The number of benzene rings is 1. The lowest BCUT2D eigenvalue weighted by Gasteiger charge is -2.34. The number of sulfonamides is 1. The third kappa shape index (κ3) is 3.27. The van der Waals surface area contributed by atoms with Crippen molar-refractivity contribution < 1.29 is 13.2 Å². The molecule has 126 valence electrons. The van der Waals surface area contributed by atoms with Crippen molar-refractivity contribution in [1.82, 2.24) is 9.21 Å². The van der Waals surface area contributed by atoms with Gasteiger partial charge in [0.25, 0.3) is 0 Å². The molecule has 1 aliphatic carbocycles. The zero-order valence-corrected chi connectivity index (χ0v) is 14.0. The molecule has 1 aliphatic heterocycles. The van der Waals surface area contributed by atoms with Gasteiger partial charge < -0.3 is 10.6 Å². The Morgan fingerprint density at radius 1 is 1.09 bits per heavy atom. The Morgan fingerprint density at radius 3 is 2.48 bits per heavy atom. The minimum atomic E-state index is -3.47. The van der Waals surface area contributed by atoms with Crippen LogP contribution in [0.5, 0.6) is 0 Å². The molecule has 2 aliphatic rings. The molecule has 0 unspecified atom stereocenters. The quantitative estimate of drug-likeness (QED) is 0.860. The fourth-order valence-electron chi connectivity index (χ4n) is 3.32. The van der Waals surface area contributed by atoms with E-state index < -0.39 is 10.0 Å². The molecule has 0 atom stereocenters. The Hall–Kier alpha value is -1.44. The van der Waals surface area contributed by atoms with Crippen molar-refractivity contribution in [2.24, 2.45) is 5.73 Å². The normalized spacial score (nSPS) is 18.9. The number of carbonyl (C=O) groups excluding carboxylic acids is 1. The summed E-state index contributed by atoms with van der Waals surface area (Å²) in [6.07, 6.45) is 3.41. The summed E-state index contributed by atoms with van der Waals surface area (Å²) in [6, 6.07) is 5.48. The van der Waals surface area contributed by atoms with Crippen LogP contribution in [0.3, 0.4) is 0 Å². The molecule has 7 heteroatoms. The van der Waals surface area contributed by atoms with E-state index in [9.17, 15) is 13.2 Å². The number of carbonyl (C=O) groups is 1. The van der Waals surface area contributed by atoms with Crippen LogP contribution < -0.4 is 5.73 Å². The van der Waals surface area contributed by atoms with E-state index in [1.807, 2.05) is 12.1 Å². The van der Waals surface area contributed by atoms with Crippen molar-refractivity contribution in [2.45, 2.75) is 30.6 Å². The average molecular weight is 337 g/mol. The first-order valence-corrected chi connectivity index (χ1v) is 9.56. The number of piperazine rings is 1. The summed E-state index contributed by atoms with van der Waals surface area (Å²) >= 11 is 0. The highest BCUT2D eigenvalue weighted by molar-refractivity contribution is 7.89. The zero-order valence-electron chi connectivity index (χ0n) is 13.2. The van der Waals surface area contributed by atoms with E-state index in [0.717, 1.165) is 24.8 Å². The predicted octanol–water partition coefficient (Wildman–Crippen LogP) is 0.357. The molecule has 6 nitrogen and oxygen atoms in total. The van der Waals surface area contributed by atoms with Gasteiger partial charge in [0.2, 0.25) is 15.9 Å². The molecule has 0 saturated carbocycles. The van der Waals surface area contributed by atoms with Crippen LogP contribution in [0.4, 0.5) is 0 Å². The van der Waals surface area contributed by atoms with Crippen molar-refractivity contribution in [3.63, 3.8) is 0 Å². The first kappa shape index (κ1) is 16.4. The van der Waals surface area contributed by atoms with E-state index in [1.54, 1.807) is 11.0 Å². The molecule has 1 fully saturated rings. The number of amides is 1. The Labute approximate surface area is 137 Å². The van der Waals surface area contributed by atoms with E-state index in [1.165, 1.54) is 9.87 Å². The van der Waals surface area contributed by atoms with E-state index >= 15 is 0 Å². The Bertz CT molecular complexity index is 695. The summed E-state index contributed by atoms with van der Waals surface area (Å²) in [5.74, 6) is 0.00192. The Morgan fingerprint density at radius 2 is 1.78 bits per heavy atom. The molecule has 0 radical (unpaired) electrons. The van der Waals surface area contributed by atoms with Gasteiger partial charge >= 0.3 is 0 Å². The third-order valence-electron chi connectivity index (χ3n) is 4.66. The van der Waals surface area contributed by atoms with E-state index in [0.29, 0.717) is 44.0 Å². The van der Waals surface area contributed by atoms with E-state index in [-0.39, 0.29) is 5.91 Å². The standard InChI is InChI=1S/C16H23N3O3S/c17-7-6-16(20)18-8-10-19(11-9-18)23(21,22)15-5-4-13-2-1-3-14(13)12-15/h4-5,12H,1-3,6-11,17H2. The van der Waals surface area contributed by atoms with Crippen molar-refractivity contribution >= 4 is 15.9 Å². The minimum absolute atomic E-state index is 0.00192. The molecule has 0 aromatic heterocycles. The molecule has 1 heterocycles. The van der Waals surface area contributed by atoms with Gasteiger partial charge in [-0.25, -0.2) is 8.42 Å². The molecular formula is C16H23N3O3S. The average Bonchev–Trinajstić information content (AvgIpc) is 3.03. The number of nitrogens with two attached hydrogens (primary N) is 1. The highest BCUT2D eigenvalue weighted by Crippen LogP contribution is 2.26. The van der Waals surface area contributed by atoms with Gasteiger partial charge in [-0.2, -0.15) is 4.31 Å². The van der Waals surface area contributed by atoms with Crippen molar-refractivity contribution in [3.05, 3.63) is 29.3 Å². The second-order valence-corrected chi connectivity index (χ2v) is 8.05. The van der Waals surface area contributed by atoms with Crippen LogP contribution in [0.15, 0.2) is 23.1 Å². The van der Waals surface area contributed by atoms with Gasteiger partial charge in [0.05, 0.1) is 4.90 Å². The Balaban J connectivity index is 1.71. The molecule has 1 amide bonds. The summed E-state index contributed by atoms with van der Waals surface area (Å²) < 4.78 is 27.1. The summed E-state index contributed by atoms with van der Waals surface area (Å²) in [7, 11) is -3.47. The van der Waals surface area contributed by atoms with Crippen LogP contribution in [-0.4, -0.2) is 56.3 Å². The Kier molecular flexibility index (Phi) is 4.70. The number of nitrogens with zero attached hydrogens (tertiary/aromatic N) is 2. The molecule has 1 saturated heterocycles. The predicted molar refractivity (Wildman–Crippen MR) is 87.5 cm³/mol. The molecule has 1 aromatic carbocycles. The second-order valence-electron chi connectivity index (χ2n) is 6.11. The minimum Gasteiger partial charge on any atom is -0.340 e. The number of aryl methyl sites for hydroxylation is 2. The fraction of sp³-hybridized carbons (Fsp3) is 0.562. The number of rotatable bonds is 4. The first-order chi connectivity index (χ1) is 11.0. The zero-order chi connectivity index (χ0) is 16.4. The highest BCUT2D eigenvalue weighted by Gasteiger charge is 2.30. The van der Waals surface area contributed by atoms with Crippen LogP contribution in [0.25, 0.3) is 0 Å². The van der Waals surface area contributed by atoms with Crippen LogP contribution in [-0.2, 0) is 27.7 Å². The molecule has 1 aromatic rings. The molecular weight excluding hydrogens is 314 g/mol. The van der Waals surface area contributed by atoms with E-state index in [4.69, 9.17) is 5.73 Å². The summed E-state index contributed by atoms with van der Waals surface area (Å²) in [5.41, 5.74) is 7.82. The van der Waals surface area contributed by atoms with Gasteiger partial charge in [-0.15, -0.1) is 0 Å². The topological polar surface area (TPSA) is 83.7 Å². The van der Waals surface area contributed by atoms with Crippen molar-refractivity contribution in [3.8, 4) is 0 Å². The number of fused-ring (bicyclic) bond motifs is 1. The van der Waals surface area contributed by atoms with Crippen molar-refractivity contribution in [1.29, 1.82) is 0 Å². The molecule has 2 N–H and O–H groups in total. The van der Waals surface area contributed by atoms with Crippen LogP contribution in [0.2, 0.25) is 0 Å². The maximum Gasteiger partial charge on any atom is 0.243 e. The van der Waals surface area contributed by atoms with Crippen LogP contribution in [0.1, 0.15) is 24.0 Å². The lowest BCUT2D eigenvalue weighted by Crippen LogP contribution is -2.50. The summed E-state index contributed by atoms with van der Waals surface area (Å²) in [4.78, 5) is 13.9. The highest BCUT2D eigenvalue weighted by atomic mass is 32.2. The van der Waals surface area contributed by atoms with Crippen molar-refractivity contribution in [2.75, 3.05) is 32.7 Å². The maximum absolute atomic E-state index is 12.8. The summed E-state index contributed by atoms with van der Waals surface area (Å²) in [6.45, 7) is 1.88. The molecule has 0 spiro atoms. The third-order valence-corrected chi connectivity index (χ3v) is 6.55. The smallest absolute Gasteiger partial charge is 0.243 e. The van der Waals surface area contributed by atoms with Gasteiger partial charge in [-0.3, -0.25) is 4.79 Å². The lowest BCUT2D eigenvalue weighted by atomic mass is 10.1. The van der Waals surface area contributed by atoms with Gasteiger partial charge in [-0.05, 0) is 42.5 Å². The SMILES string of the molecule is NCCC(=O)N1CCN(S(=O)(=O)c2ccc3c(c2)CCC3)CC1. The number of hydrogen-bond donors (Lipinski definition) is 1. The molecule has 23 heavy (non-hydrogen) atoms. The summed E-state index contributed by atoms with van der Waals surface area (Å²) in [5, 5.41) is 0. The van der Waals surface area contributed by atoms with Crippen LogP contribution >= 0.6 is 0 Å². The lowest BCUT2D eigenvalue weighted by molar-refractivity contribution is -0.132. The molecule has 3 rings (SSSR count). The van der Waals surface area contributed by atoms with Gasteiger partial charge in [0.1, 0.15) is 0 Å². The molecule has 0 bridgehead atoms. The maximum atomic E-state index is 12.8. The van der Waals surface area contributed by atoms with Crippen LogP contribution in [0, 0.1) is 0 Å². The van der Waals surface area contributed by atoms with E-state index in [2.05, 4.69) is 0 Å². The largest absolute Gasteiger partial charge is 0.340 e. The first-order valence-electron chi connectivity index (χ1n) is 8.12. The van der Waals surface area contributed by atoms with Gasteiger partial charge in [0, 0.05) is 39.1 Å². The van der Waals surface area contributed by atoms with Gasteiger partial charge in [0.15, 0.2) is 0 Å².